The summed E-state index contributed by atoms with van der Waals surface area (Å²) in [7, 11) is 1.70. The fourth-order valence-corrected chi connectivity index (χ4v) is 6.86. The summed E-state index contributed by atoms with van der Waals surface area (Å²) >= 11 is 0. The van der Waals surface area contributed by atoms with Crippen LogP contribution in [0.15, 0.2) is 48.9 Å². The molecule has 1 aromatic carbocycles. The van der Waals surface area contributed by atoms with Crippen LogP contribution in [0.2, 0.25) is 0 Å². The van der Waals surface area contributed by atoms with Crippen molar-refractivity contribution < 1.29 is 24.2 Å². The fourth-order valence-electron chi connectivity index (χ4n) is 6.86. The van der Waals surface area contributed by atoms with Gasteiger partial charge in [0.25, 0.3) is 0 Å². The maximum Gasteiger partial charge on any atom is 0.394 e. The number of carboxylic acids is 1. The Morgan fingerprint density at radius 3 is 2.38 bits per heavy atom. The lowest BCUT2D eigenvalue weighted by molar-refractivity contribution is -0.150. The molecule has 2 N–H and O–H groups in total. The monoisotopic (exact) mass is 615 g/mol. The van der Waals surface area contributed by atoms with Gasteiger partial charge in [-0.2, -0.15) is 5.10 Å². The lowest BCUT2D eigenvalue weighted by atomic mass is 9.78. The maximum absolute atomic E-state index is 14.2. The number of ether oxygens (including phenoxy) is 1. The number of benzene rings is 1. The van der Waals surface area contributed by atoms with Gasteiger partial charge in [-0.15, -0.1) is 0 Å². The SMILES string of the molecule is COc1ccc([C@H]2CC[C@H](CN(c3cc(-c4cnn(C(C)C)c4)ccn3)C(=O)[C@H]3CC[C@H](NC(=O)C(=O)O)CC3)CC2)cc1C. The number of aromatic nitrogens is 3. The van der Waals surface area contributed by atoms with Crippen LogP contribution in [0.25, 0.3) is 11.1 Å². The average molecular weight is 616 g/mol. The van der Waals surface area contributed by atoms with E-state index in [4.69, 9.17) is 14.8 Å². The van der Waals surface area contributed by atoms with E-state index in [1.54, 1.807) is 13.3 Å². The van der Waals surface area contributed by atoms with Crippen LogP contribution in [0.3, 0.4) is 0 Å². The largest absolute Gasteiger partial charge is 0.496 e. The van der Waals surface area contributed by atoms with E-state index >= 15 is 0 Å². The van der Waals surface area contributed by atoms with Crippen molar-refractivity contribution in [3.63, 3.8) is 0 Å². The first kappa shape index (κ1) is 32.2. The van der Waals surface area contributed by atoms with Crippen LogP contribution in [0.4, 0.5) is 5.82 Å². The predicted molar refractivity (Wildman–Crippen MR) is 172 cm³/mol. The van der Waals surface area contributed by atoms with E-state index in [-0.39, 0.29) is 23.9 Å². The summed E-state index contributed by atoms with van der Waals surface area (Å²) in [6, 6.07) is 10.4. The second kappa shape index (κ2) is 14.3. The number of aryl methyl sites for hydroxylation is 1. The molecule has 2 fully saturated rings. The van der Waals surface area contributed by atoms with E-state index in [9.17, 15) is 14.4 Å². The van der Waals surface area contributed by atoms with Crippen molar-refractivity contribution in [3.05, 3.63) is 60.0 Å². The summed E-state index contributed by atoms with van der Waals surface area (Å²) < 4.78 is 7.37. The molecule has 0 spiro atoms. The minimum Gasteiger partial charge on any atom is -0.496 e. The zero-order chi connectivity index (χ0) is 32.1. The van der Waals surface area contributed by atoms with Gasteiger partial charge in [-0.25, -0.2) is 9.78 Å². The minimum absolute atomic E-state index is 0.0495. The second-order valence-corrected chi connectivity index (χ2v) is 12.9. The highest BCUT2D eigenvalue weighted by Crippen LogP contribution is 2.39. The van der Waals surface area contributed by atoms with Gasteiger partial charge in [0.2, 0.25) is 5.91 Å². The molecule has 2 aliphatic carbocycles. The molecule has 45 heavy (non-hydrogen) atoms. The second-order valence-electron chi connectivity index (χ2n) is 12.9. The van der Waals surface area contributed by atoms with Crippen molar-refractivity contribution in [2.45, 2.75) is 90.1 Å². The molecule has 2 aliphatic rings. The first-order valence-electron chi connectivity index (χ1n) is 16.1. The van der Waals surface area contributed by atoms with Gasteiger partial charge in [0, 0.05) is 42.5 Å². The normalized spacial score (nSPS) is 21.7. The Bertz CT molecular complexity index is 1500. The Balaban J connectivity index is 1.32. The molecule has 10 heteroatoms. The van der Waals surface area contributed by atoms with Crippen LogP contribution in [0, 0.1) is 18.8 Å². The number of carbonyl (C=O) groups is 3. The van der Waals surface area contributed by atoms with Crippen LogP contribution in [0.1, 0.15) is 88.3 Å². The zero-order valence-electron chi connectivity index (χ0n) is 26.7. The van der Waals surface area contributed by atoms with E-state index < -0.39 is 11.9 Å². The Labute approximate surface area is 265 Å². The van der Waals surface area contributed by atoms with Crippen molar-refractivity contribution in [1.29, 1.82) is 0 Å². The number of amides is 2. The van der Waals surface area contributed by atoms with E-state index in [0.29, 0.717) is 49.9 Å². The Morgan fingerprint density at radius 2 is 1.76 bits per heavy atom. The number of hydrogen-bond acceptors (Lipinski definition) is 6. The number of nitrogens with one attached hydrogen (secondary N) is 1. The Kier molecular flexibility index (Phi) is 10.2. The molecule has 0 atom stereocenters. The summed E-state index contributed by atoms with van der Waals surface area (Å²) in [6.45, 7) is 6.85. The van der Waals surface area contributed by atoms with Crippen LogP contribution >= 0.6 is 0 Å². The number of rotatable bonds is 9. The van der Waals surface area contributed by atoms with Crippen LogP contribution in [-0.2, 0) is 14.4 Å². The molecule has 0 saturated heterocycles. The lowest BCUT2D eigenvalue weighted by Gasteiger charge is -2.36. The van der Waals surface area contributed by atoms with E-state index in [1.807, 2.05) is 34.1 Å². The smallest absolute Gasteiger partial charge is 0.394 e. The quantitative estimate of drug-likeness (QED) is 0.287. The van der Waals surface area contributed by atoms with Gasteiger partial charge >= 0.3 is 11.9 Å². The number of hydrogen-bond donors (Lipinski definition) is 2. The van der Waals surface area contributed by atoms with Crippen molar-refractivity contribution in [2.75, 3.05) is 18.6 Å². The Morgan fingerprint density at radius 1 is 1.02 bits per heavy atom. The first-order chi connectivity index (χ1) is 21.6. The molecule has 2 saturated carbocycles. The summed E-state index contributed by atoms with van der Waals surface area (Å²) in [5.74, 6) is -0.246. The summed E-state index contributed by atoms with van der Waals surface area (Å²) in [5, 5.41) is 16.0. The zero-order valence-corrected chi connectivity index (χ0v) is 26.7. The molecular formula is C35H45N5O5. The highest BCUT2D eigenvalue weighted by Gasteiger charge is 2.34. The van der Waals surface area contributed by atoms with Gasteiger partial charge in [0.05, 0.1) is 13.3 Å². The standard InChI is InChI=1S/C35H45N5O5/c1-22(2)40-21-29(19-37-40)28-15-16-36-32(18-28)39(34(42)26-9-12-30(13-10-26)38-33(41)35(43)44)20-24-5-7-25(8-6-24)27-11-14-31(45-4)23(3)17-27/h11,14-19,21-22,24-26,30H,5-10,12-13,20H2,1-4H3,(H,38,41)(H,43,44)/t24-,25-,26-,30-. The molecule has 2 aromatic heterocycles. The van der Waals surface area contributed by atoms with Gasteiger partial charge < -0.3 is 15.2 Å². The van der Waals surface area contributed by atoms with Gasteiger partial charge in [-0.1, -0.05) is 12.1 Å². The molecule has 3 aromatic rings. The summed E-state index contributed by atoms with van der Waals surface area (Å²) in [6.07, 6.45) is 12.1. The molecule has 2 amide bonds. The molecule has 10 nitrogen and oxygen atoms in total. The molecule has 5 rings (SSSR count). The van der Waals surface area contributed by atoms with E-state index in [2.05, 4.69) is 49.4 Å². The first-order valence-corrected chi connectivity index (χ1v) is 16.1. The average Bonchev–Trinajstić information content (AvgIpc) is 3.55. The molecular weight excluding hydrogens is 570 g/mol. The van der Waals surface area contributed by atoms with Crippen LogP contribution < -0.4 is 15.0 Å². The minimum atomic E-state index is -1.49. The number of anilines is 1. The number of methoxy groups -OCH3 is 1. The van der Waals surface area contributed by atoms with Crippen molar-refractivity contribution in [2.24, 2.45) is 11.8 Å². The van der Waals surface area contributed by atoms with E-state index in [1.165, 1.54) is 5.56 Å². The lowest BCUT2D eigenvalue weighted by Crippen LogP contribution is -2.45. The summed E-state index contributed by atoms with van der Waals surface area (Å²) in [5.41, 5.74) is 4.44. The van der Waals surface area contributed by atoms with Crippen molar-refractivity contribution in [3.8, 4) is 16.9 Å². The highest BCUT2D eigenvalue weighted by atomic mass is 16.5. The van der Waals surface area contributed by atoms with Gasteiger partial charge in [-0.05, 0) is 119 Å². The fraction of sp³-hybridized carbons (Fsp3) is 0.514. The van der Waals surface area contributed by atoms with Gasteiger partial charge in [-0.3, -0.25) is 19.2 Å². The third kappa shape index (κ3) is 7.72. The molecule has 0 aliphatic heterocycles. The van der Waals surface area contributed by atoms with Crippen molar-refractivity contribution in [1.82, 2.24) is 20.1 Å². The van der Waals surface area contributed by atoms with E-state index in [0.717, 1.165) is 48.1 Å². The maximum atomic E-state index is 14.2. The highest BCUT2D eigenvalue weighted by molar-refractivity contribution is 6.31. The number of carboxylic acid groups (broad SMARTS) is 1. The van der Waals surface area contributed by atoms with Gasteiger partial charge in [0.1, 0.15) is 11.6 Å². The Hall–Kier alpha value is -4.21. The van der Waals surface area contributed by atoms with Gasteiger partial charge in [0.15, 0.2) is 0 Å². The number of nitrogens with zero attached hydrogens (tertiary/aromatic N) is 4. The molecule has 0 bridgehead atoms. The molecule has 0 radical (unpaired) electrons. The predicted octanol–water partition coefficient (Wildman–Crippen LogP) is 5.91. The number of carbonyl (C=O) groups excluding carboxylic acids is 2. The third-order valence-electron chi connectivity index (χ3n) is 9.54. The molecule has 0 unspecified atom stereocenters. The van der Waals surface area contributed by atoms with Crippen LogP contribution in [0.5, 0.6) is 5.75 Å². The number of pyridine rings is 1. The van der Waals surface area contributed by atoms with Crippen molar-refractivity contribution >= 4 is 23.6 Å². The molecule has 240 valence electrons. The summed E-state index contributed by atoms with van der Waals surface area (Å²) in [4.78, 5) is 43.5. The molecule has 2 heterocycles. The topological polar surface area (TPSA) is 127 Å². The third-order valence-corrected chi connectivity index (χ3v) is 9.54. The number of aliphatic carboxylic acids is 1. The van der Waals surface area contributed by atoms with Crippen LogP contribution in [-0.4, -0.2) is 57.4 Å².